The van der Waals surface area contributed by atoms with Crippen molar-refractivity contribution in [2.24, 2.45) is 5.92 Å². The number of carbonyl (C=O) groups excluding carboxylic acids is 1. The summed E-state index contributed by atoms with van der Waals surface area (Å²) in [7, 11) is -1.08. The molecule has 0 aromatic heterocycles. The monoisotopic (exact) mass is 738 g/mol. The van der Waals surface area contributed by atoms with Crippen LogP contribution in [0, 0.1) is 11.7 Å². The Balaban J connectivity index is 1.67. The number of sulfonamides is 1. The van der Waals surface area contributed by atoms with Gasteiger partial charge in [-0.05, 0) is 93.3 Å². The van der Waals surface area contributed by atoms with Gasteiger partial charge in [-0.1, -0.05) is 19.1 Å². The third-order valence-corrected chi connectivity index (χ3v) is 10.7. The number of hydrogen-bond donors (Lipinski definition) is 0. The van der Waals surface area contributed by atoms with Crippen LogP contribution < -0.4 is 9.47 Å². The standard InChI is InChI=1S/C37H46F4N2O7S/c1-25-21-43(26(2)23-48-24-28-9-14-31(47-5)15-10-28)36(44)33-20-29(37(39,40)41)11-18-34(33)50-27(3)8-6-7-19-49-35(25)22-42(4)51(45,46)32-16-12-30(38)13-17-32/h9-18,20,25-27,35H,6-8,19,21-24H2,1-5H3/t25-,26+,27+,35+/m1/s1. The highest BCUT2D eigenvalue weighted by atomic mass is 32.2. The van der Waals surface area contributed by atoms with Crippen molar-refractivity contribution in [1.82, 2.24) is 9.21 Å². The molecule has 0 saturated carbocycles. The number of hydrogen-bond acceptors (Lipinski definition) is 7. The van der Waals surface area contributed by atoms with Crippen molar-refractivity contribution in [3.05, 3.63) is 89.2 Å². The molecule has 0 unspecified atom stereocenters. The third kappa shape index (κ3) is 10.9. The smallest absolute Gasteiger partial charge is 0.416 e. The molecule has 0 N–H and O–H groups in total. The van der Waals surface area contributed by atoms with Gasteiger partial charge in [-0.3, -0.25) is 4.79 Å². The van der Waals surface area contributed by atoms with Gasteiger partial charge in [0, 0.05) is 32.7 Å². The molecular formula is C37H46F4N2O7S. The van der Waals surface area contributed by atoms with Crippen LogP contribution in [0.15, 0.2) is 71.6 Å². The average molecular weight is 739 g/mol. The Labute approximate surface area is 297 Å². The number of amides is 1. The molecule has 0 spiro atoms. The first-order valence-electron chi connectivity index (χ1n) is 16.8. The minimum atomic E-state index is -4.70. The van der Waals surface area contributed by atoms with Crippen molar-refractivity contribution in [1.29, 1.82) is 0 Å². The lowest BCUT2D eigenvalue weighted by molar-refractivity contribution is -0.137. The largest absolute Gasteiger partial charge is 0.497 e. The predicted octanol–water partition coefficient (Wildman–Crippen LogP) is 7.19. The van der Waals surface area contributed by atoms with Gasteiger partial charge in [0.05, 0.1) is 54.6 Å². The number of benzene rings is 3. The molecule has 0 saturated heterocycles. The molecule has 51 heavy (non-hydrogen) atoms. The number of likely N-dealkylation sites (N-methyl/N-ethyl adjacent to an activating group) is 1. The van der Waals surface area contributed by atoms with E-state index in [0.717, 1.165) is 34.1 Å². The SMILES string of the molecule is COc1ccc(COC[C@H](C)N2C[C@@H](C)[C@H](CN(C)S(=O)(=O)c3ccc(F)cc3)OCCCC[C@H](C)Oc3ccc(C(F)(F)F)cc3C2=O)cc1. The average Bonchev–Trinajstić information content (AvgIpc) is 3.09. The topological polar surface area (TPSA) is 94.6 Å². The first-order valence-corrected chi connectivity index (χ1v) is 18.3. The van der Waals surface area contributed by atoms with Gasteiger partial charge in [0.25, 0.3) is 5.91 Å². The number of nitrogens with zero attached hydrogens (tertiary/aromatic N) is 2. The molecule has 14 heteroatoms. The van der Waals surface area contributed by atoms with Gasteiger partial charge in [0.1, 0.15) is 17.3 Å². The number of carbonyl (C=O) groups is 1. The Bertz CT molecular complexity index is 1690. The van der Waals surface area contributed by atoms with E-state index in [9.17, 15) is 30.8 Å². The van der Waals surface area contributed by atoms with E-state index in [-0.39, 0.29) is 42.5 Å². The summed E-state index contributed by atoms with van der Waals surface area (Å²) < 4.78 is 107. The summed E-state index contributed by atoms with van der Waals surface area (Å²) in [6.45, 7) is 5.76. The minimum absolute atomic E-state index is 0.00770. The van der Waals surface area contributed by atoms with E-state index >= 15 is 0 Å². The van der Waals surface area contributed by atoms with Gasteiger partial charge in [-0.25, -0.2) is 12.8 Å². The van der Waals surface area contributed by atoms with Gasteiger partial charge in [-0.2, -0.15) is 17.5 Å². The fourth-order valence-corrected chi connectivity index (χ4v) is 6.94. The molecule has 4 rings (SSSR count). The molecule has 1 heterocycles. The second kappa shape index (κ2) is 17.7. The summed E-state index contributed by atoms with van der Waals surface area (Å²) in [6, 6.07) is 14.0. The second-order valence-corrected chi connectivity index (χ2v) is 15.0. The molecule has 1 aliphatic rings. The fraction of sp³-hybridized carbons (Fsp3) is 0.486. The van der Waals surface area contributed by atoms with Crippen LogP contribution in [0.2, 0.25) is 0 Å². The minimum Gasteiger partial charge on any atom is -0.497 e. The van der Waals surface area contributed by atoms with Crippen LogP contribution in [0.25, 0.3) is 0 Å². The van der Waals surface area contributed by atoms with Gasteiger partial charge in [0.15, 0.2) is 0 Å². The summed E-state index contributed by atoms with van der Waals surface area (Å²) >= 11 is 0. The summed E-state index contributed by atoms with van der Waals surface area (Å²) in [6.07, 6.45) is -4.03. The van der Waals surface area contributed by atoms with Crippen LogP contribution in [0.4, 0.5) is 17.6 Å². The lowest BCUT2D eigenvalue weighted by Crippen LogP contribution is -2.48. The number of fused-ring (bicyclic) bond motifs is 1. The highest BCUT2D eigenvalue weighted by Crippen LogP contribution is 2.34. The first-order chi connectivity index (χ1) is 24.1. The molecule has 3 aromatic carbocycles. The summed E-state index contributed by atoms with van der Waals surface area (Å²) in [5, 5.41) is 0. The van der Waals surface area contributed by atoms with Gasteiger partial charge >= 0.3 is 6.18 Å². The molecular weight excluding hydrogens is 692 g/mol. The fourth-order valence-electron chi connectivity index (χ4n) is 5.76. The van der Waals surface area contributed by atoms with Crippen molar-refractivity contribution in [2.75, 3.05) is 40.5 Å². The first kappa shape index (κ1) is 40.1. The van der Waals surface area contributed by atoms with Crippen LogP contribution in [0.5, 0.6) is 11.5 Å². The highest BCUT2D eigenvalue weighted by molar-refractivity contribution is 7.89. The maximum atomic E-state index is 14.4. The number of methoxy groups -OCH3 is 1. The lowest BCUT2D eigenvalue weighted by atomic mass is 10.0. The van der Waals surface area contributed by atoms with E-state index in [4.69, 9.17) is 18.9 Å². The zero-order valence-corrected chi connectivity index (χ0v) is 30.3. The molecule has 3 aromatic rings. The predicted molar refractivity (Wildman–Crippen MR) is 184 cm³/mol. The van der Waals surface area contributed by atoms with Crippen molar-refractivity contribution >= 4 is 15.9 Å². The molecule has 280 valence electrons. The molecule has 1 amide bonds. The van der Waals surface area contributed by atoms with Gasteiger partial charge in [0.2, 0.25) is 10.0 Å². The molecule has 4 atom stereocenters. The number of rotatable bonds is 10. The molecule has 0 bridgehead atoms. The number of ether oxygens (including phenoxy) is 4. The molecule has 9 nitrogen and oxygen atoms in total. The Hall–Kier alpha value is -3.72. The van der Waals surface area contributed by atoms with Crippen molar-refractivity contribution in [3.63, 3.8) is 0 Å². The zero-order chi connectivity index (χ0) is 37.3. The van der Waals surface area contributed by atoms with E-state index in [2.05, 4.69) is 0 Å². The Morgan fingerprint density at radius 1 is 1.02 bits per heavy atom. The summed E-state index contributed by atoms with van der Waals surface area (Å²) in [5.41, 5.74) is -0.376. The molecule has 0 radical (unpaired) electrons. The van der Waals surface area contributed by atoms with Crippen LogP contribution in [-0.4, -0.2) is 82.2 Å². The molecule has 1 aliphatic heterocycles. The van der Waals surface area contributed by atoms with Gasteiger partial charge in [-0.15, -0.1) is 0 Å². The highest BCUT2D eigenvalue weighted by Gasteiger charge is 2.36. The number of alkyl halides is 3. The van der Waals surface area contributed by atoms with Crippen LogP contribution in [-0.2, 0) is 32.3 Å². The van der Waals surface area contributed by atoms with E-state index in [1.54, 1.807) is 40.0 Å². The Morgan fingerprint density at radius 3 is 2.35 bits per heavy atom. The lowest BCUT2D eigenvalue weighted by Gasteiger charge is -2.36. The van der Waals surface area contributed by atoms with Crippen molar-refractivity contribution < 1.29 is 49.7 Å². The van der Waals surface area contributed by atoms with E-state index in [1.165, 1.54) is 30.1 Å². The quantitative estimate of drug-likeness (QED) is 0.203. The van der Waals surface area contributed by atoms with Gasteiger partial charge < -0.3 is 23.8 Å². The number of halogens is 4. The molecule has 0 aliphatic carbocycles. The van der Waals surface area contributed by atoms with Crippen molar-refractivity contribution in [2.45, 2.75) is 76.0 Å². The van der Waals surface area contributed by atoms with Crippen LogP contribution in [0.3, 0.4) is 0 Å². The molecule has 0 fully saturated rings. The van der Waals surface area contributed by atoms with E-state index < -0.39 is 57.7 Å². The Kier molecular flexibility index (Phi) is 13.9. The zero-order valence-electron chi connectivity index (χ0n) is 29.5. The Morgan fingerprint density at radius 2 is 1.71 bits per heavy atom. The van der Waals surface area contributed by atoms with Crippen LogP contribution >= 0.6 is 0 Å². The maximum absolute atomic E-state index is 14.4. The second-order valence-electron chi connectivity index (χ2n) is 12.9. The summed E-state index contributed by atoms with van der Waals surface area (Å²) in [5.74, 6) is -1.05. The maximum Gasteiger partial charge on any atom is 0.416 e. The van der Waals surface area contributed by atoms with E-state index in [0.29, 0.717) is 31.6 Å². The van der Waals surface area contributed by atoms with E-state index in [1.807, 2.05) is 12.1 Å². The summed E-state index contributed by atoms with van der Waals surface area (Å²) in [4.78, 5) is 15.8. The van der Waals surface area contributed by atoms with Crippen molar-refractivity contribution in [3.8, 4) is 11.5 Å². The van der Waals surface area contributed by atoms with Crippen LogP contribution in [0.1, 0.15) is 61.5 Å². The third-order valence-electron chi connectivity index (χ3n) is 8.86. The normalized spacial score (nSPS) is 20.3.